The number of unbranched alkanes of at least 4 members (excludes halogenated alkanes) is 5. The summed E-state index contributed by atoms with van der Waals surface area (Å²) >= 11 is 0. The summed E-state index contributed by atoms with van der Waals surface area (Å²) in [5.74, 6) is 0. The van der Waals surface area contributed by atoms with E-state index >= 15 is 0 Å². The van der Waals surface area contributed by atoms with E-state index < -0.39 is 16.3 Å². The third-order valence-electron chi connectivity index (χ3n) is 3.31. The van der Waals surface area contributed by atoms with Crippen molar-refractivity contribution in [3.63, 3.8) is 0 Å². The predicted octanol–water partition coefficient (Wildman–Crippen LogP) is 3.51. The summed E-state index contributed by atoms with van der Waals surface area (Å²) in [6.45, 7) is 0.259. The topological polar surface area (TPSA) is 101 Å². The number of hydrogen-bond donors (Lipinski definition) is 2. The molecule has 0 unspecified atom stereocenters. The predicted molar refractivity (Wildman–Crippen MR) is 81.6 cm³/mol. The number of benzene rings is 1. The summed E-state index contributed by atoms with van der Waals surface area (Å²) in [6, 6.07) is 6.25. The average Bonchev–Trinajstić information content (AvgIpc) is 2.45. The number of rotatable bonds is 10. The Morgan fingerprint density at radius 2 is 1.50 bits per heavy atom. The maximum Gasteiger partial charge on any atom is 0.505 e. The van der Waals surface area contributed by atoms with Gasteiger partial charge in [-0.1, -0.05) is 37.8 Å². The number of ether oxygens (including phenoxy) is 1. The second-order valence-electron chi connectivity index (χ2n) is 5.10. The summed E-state index contributed by atoms with van der Waals surface area (Å²) in [4.78, 5) is 10.0. The van der Waals surface area contributed by atoms with Crippen LogP contribution in [0.5, 0.6) is 0 Å². The Morgan fingerprint density at radius 3 is 2.05 bits per heavy atom. The van der Waals surface area contributed by atoms with Gasteiger partial charge in [0.2, 0.25) is 0 Å². The fraction of sp³-hybridized carbons (Fsp3) is 0.533. The van der Waals surface area contributed by atoms with Gasteiger partial charge in [-0.15, -0.1) is 0 Å². The van der Waals surface area contributed by atoms with Crippen LogP contribution in [0.2, 0.25) is 0 Å². The second kappa shape index (κ2) is 9.42. The molecule has 0 aliphatic rings. The fourth-order valence-corrected chi connectivity index (χ4v) is 2.61. The van der Waals surface area contributed by atoms with Crippen LogP contribution in [0.25, 0.3) is 0 Å². The molecule has 1 rings (SSSR count). The van der Waals surface area contributed by atoms with Gasteiger partial charge >= 0.3 is 6.16 Å². The number of aryl methyl sites for hydroxylation is 1. The zero-order valence-electron chi connectivity index (χ0n) is 12.4. The van der Waals surface area contributed by atoms with Gasteiger partial charge in [0, 0.05) is 0 Å². The van der Waals surface area contributed by atoms with E-state index in [1.165, 1.54) is 12.1 Å². The minimum Gasteiger partial charge on any atom is -0.450 e. The molecule has 6 nitrogen and oxygen atoms in total. The Labute approximate surface area is 130 Å². The molecule has 0 aromatic heterocycles. The van der Waals surface area contributed by atoms with E-state index in [0.717, 1.165) is 50.5 Å². The van der Waals surface area contributed by atoms with E-state index in [-0.39, 0.29) is 11.5 Å². The van der Waals surface area contributed by atoms with Crippen LogP contribution in [0.4, 0.5) is 4.79 Å². The van der Waals surface area contributed by atoms with Gasteiger partial charge in [-0.3, -0.25) is 4.55 Å². The summed E-state index contributed by atoms with van der Waals surface area (Å²) in [7, 11) is -4.11. The Hall–Kier alpha value is -1.60. The lowest BCUT2D eigenvalue weighted by Gasteiger charge is -2.04. The number of carboxylic acid groups (broad SMARTS) is 1. The molecule has 1 aromatic carbocycles. The lowest BCUT2D eigenvalue weighted by Crippen LogP contribution is -2.01. The summed E-state index contributed by atoms with van der Waals surface area (Å²) in [5.41, 5.74) is 1.04. The Balaban J connectivity index is 2.09. The van der Waals surface area contributed by atoms with Crippen molar-refractivity contribution in [3.8, 4) is 0 Å². The standard InChI is InChI=1S/C15H22O6S/c16-15(17)21-12-6-4-2-1-3-5-7-13-8-10-14(11-9-13)22(18,19)20/h8-11H,1-7,12H2,(H,16,17)(H,18,19,20). The van der Waals surface area contributed by atoms with Crippen molar-refractivity contribution in [2.24, 2.45) is 0 Å². The van der Waals surface area contributed by atoms with Gasteiger partial charge in [0.05, 0.1) is 11.5 Å². The molecule has 1 aromatic rings. The van der Waals surface area contributed by atoms with Gasteiger partial charge in [-0.25, -0.2) is 4.79 Å². The van der Waals surface area contributed by atoms with Gasteiger partial charge in [-0.2, -0.15) is 8.42 Å². The molecule has 0 aliphatic heterocycles. The molecule has 2 N–H and O–H groups in total. The summed E-state index contributed by atoms with van der Waals surface area (Å²) in [5, 5.41) is 8.29. The van der Waals surface area contributed by atoms with Crippen LogP contribution in [0.1, 0.15) is 44.1 Å². The van der Waals surface area contributed by atoms with Crippen molar-refractivity contribution < 1.29 is 27.6 Å². The maximum absolute atomic E-state index is 10.9. The highest BCUT2D eigenvalue weighted by Crippen LogP contribution is 2.13. The molecule has 0 bridgehead atoms. The van der Waals surface area contributed by atoms with Gasteiger partial charge < -0.3 is 9.84 Å². The number of hydrogen-bond acceptors (Lipinski definition) is 4. The van der Waals surface area contributed by atoms with E-state index in [0.29, 0.717) is 0 Å². The van der Waals surface area contributed by atoms with Crippen molar-refractivity contribution in [1.29, 1.82) is 0 Å². The Kier molecular flexibility index (Phi) is 7.90. The first-order valence-corrected chi connectivity index (χ1v) is 8.76. The van der Waals surface area contributed by atoms with Crippen molar-refractivity contribution in [1.82, 2.24) is 0 Å². The largest absolute Gasteiger partial charge is 0.505 e. The van der Waals surface area contributed by atoms with E-state index in [1.807, 2.05) is 0 Å². The van der Waals surface area contributed by atoms with Crippen LogP contribution in [-0.2, 0) is 21.3 Å². The zero-order chi connectivity index (χ0) is 16.4. The molecule has 0 saturated carbocycles. The van der Waals surface area contributed by atoms with Crippen LogP contribution in [-0.4, -0.2) is 30.8 Å². The van der Waals surface area contributed by atoms with Crippen LogP contribution >= 0.6 is 0 Å². The molecule has 0 atom stereocenters. The second-order valence-corrected chi connectivity index (χ2v) is 6.53. The molecule has 0 aliphatic carbocycles. The van der Waals surface area contributed by atoms with Crippen molar-refractivity contribution in [2.75, 3.05) is 6.61 Å². The SMILES string of the molecule is O=C(O)OCCCCCCCCc1ccc(S(=O)(=O)O)cc1. The Morgan fingerprint density at radius 1 is 0.955 bits per heavy atom. The average molecular weight is 330 g/mol. The van der Waals surface area contributed by atoms with Crippen LogP contribution in [0.3, 0.4) is 0 Å². The lowest BCUT2D eigenvalue weighted by atomic mass is 10.1. The lowest BCUT2D eigenvalue weighted by molar-refractivity contribution is 0.0899. The minimum atomic E-state index is -4.11. The molecular weight excluding hydrogens is 308 g/mol. The smallest absolute Gasteiger partial charge is 0.450 e. The molecule has 0 saturated heterocycles. The molecule has 0 fully saturated rings. The third-order valence-corrected chi connectivity index (χ3v) is 4.17. The molecule has 0 spiro atoms. The molecule has 0 heterocycles. The number of carbonyl (C=O) groups is 1. The highest BCUT2D eigenvalue weighted by Gasteiger charge is 2.08. The van der Waals surface area contributed by atoms with Crippen LogP contribution in [0, 0.1) is 0 Å². The van der Waals surface area contributed by atoms with E-state index in [2.05, 4.69) is 4.74 Å². The summed E-state index contributed by atoms with van der Waals surface area (Å²) < 4.78 is 35.1. The first-order chi connectivity index (χ1) is 10.4. The molecular formula is C15H22O6S. The molecule has 0 amide bonds. The van der Waals surface area contributed by atoms with Crippen molar-refractivity contribution in [3.05, 3.63) is 29.8 Å². The highest BCUT2D eigenvalue weighted by atomic mass is 32.2. The highest BCUT2D eigenvalue weighted by molar-refractivity contribution is 7.85. The minimum absolute atomic E-state index is 0.0835. The Bertz CT molecular complexity index is 550. The van der Waals surface area contributed by atoms with Crippen molar-refractivity contribution in [2.45, 2.75) is 49.8 Å². The van der Waals surface area contributed by atoms with E-state index in [9.17, 15) is 13.2 Å². The van der Waals surface area contributed by atoms with Crippen LogP contribution in [0.15, 0.2) is 29.2 Å². The van der Waals surface area contributed by atoms with E-state index in [4.69, 9.17) is 9.66 Å². The first kappa shape index (κ1) is 18.4. The molecule has 22 heavy (non-hydrogen) atoms. The van der Waals surface area contributed by atoms with Gasteiger partial charge in [0.25, 0.3) is 10.1 Å². The third kappa shape index (κ3) is 7.99. The zero-order valence-corrected chi connectivity index (χ0v) is 13.2. The molecule has 7 heteroatoms. The molecule has 0 radical (unpaired) electrons. The van der Waals surface area contributed by atoms with Crippen LogP contribution < -0.4 is 0 Å². The first-order valence-electron chi connectivity index (χ1n) is 7.32. The maximum atomic E-state index is 10.9. The summed E-state index contributed by atoms with van der Waals surface area (Å²) in [6.07, 6.45) is 5.56. The van der Waals surface area contributed by atoms with Gasteiger partial charge in [0.1, 0.15) is 0 Å². The van der Waals surface area contributed by atoms with Crippen molar-refractivity contribution >= 4 is 16.3 Å². The van der Waals surface area contributed by atoms with Gasteiger partial charge in [-0.05, 0) is 37.0 Å². The molecule has 124 valence electrons. The fourth-order valence-electron chi connectivity index (χ4n) is 2.13. The van der Waals surface area contributed by atoms with E-state index in [1.54, 1.807) is 12.1 Å². The van der Waals surface area contributed by atoms with Gasteiger partial charge in [0.15, 0.2) is 0 Å². The normalized spacial score (nSPS) is 11.3. The quantitative estimate of drug-likeness (QED) is 0.387. The monoisotopic (exact) mass is 330 g/mol.